The lowest BCUT2D eigenvalue weighted by Gasteiger charge is -2.08. The minimum Gasteiger partial charge on any atom is -0.438 e. The van der Waals surface area contributed by atoms with Gasteiger partial charge in [-0.1, -0.05) is 11.6 Å². The lowest BCUT2D eigenvalue weighted by atomic mass is 10.2. The first-order valence-corrected chi connectivity index (χ1v) is 6.17. The van der Waals surface area contributed by atoms with Crippen molar-refractivity contribution in [1.29, 1.82) is 5.41 Å². The molecule has 0 saturated heterocycles. The maximum atomic E-state index is 7.35. The number of halogens is 2. The quantitative estimate of drug-likeness (QED) is 0.669. The molecule has 0 aliphatic heterocycles. The minimum absolute atomic E-state index is 0.0302. The molecule has 0 radical (unpaired) electrons. The van der Waals surface area contributed by atoms with Gasteiger partial charge in [0.2, 0.25) is 5.88 Å². The van der Waals surface area contributed by atoms with Crippen molar-refractivity contribution in [2.75, 3.05) is 0 Å². The van der Waals surface area contributed by atoms with Gasteiger partial charge in [-0.05, 0) is 40.2 Å². The van der Waals surface area contributed by atoms with Gasteiger partial charge >= 0.3 is 0 Å². The summed E-state index contributed by atoms with van der Waals surface area (Å²) in [6.07, 6.45) is 1.54. The number of hydrogen-bond acceptors (Lipinski definition) is 3. The smallest absolute Gasteiger partial charge is 0.219 e. The van der Waals surface area contributed by atoms with Gasteiger partial charge in [-0.3, -0.25) is 5.41 Å². The summed E-state index contributed by atoms with van der Waals surface area (Å²) in [5.41, 5.74) is 5.96. The Bertz CT molecular complexity index is 604. The SMILES string of the molecule is N=C(N)c1ccnc(Oc2ccc(Cl)cc2Br)c1. The summed E-state index contributed by atoms with van der Waals surface area (Å²) in [6, 6.07) is 8.42. The van der Waals surface area contributed by atoms with Gasteiger partial charge in [0.1, 0.15) is 11.6 Å². The first-order valence-electron chi connectivity index (χ1n) is 4.99. The average molecular weight is 327 g/mol. The minimum atomic E-state index is -0.0302. The van der Waals surface area contributed by atoms with Crippen molar-refractivity contribution in [1.82, 2.24) is 4.98 Å². The number of nitrogen functional groups attached to an aromatic ring is 1. The molecule has 1 aromatic heterocycles. The molecule has 0 unspecified atom stereocenters. The van der Waals surface area contributed by atoms with E-state index in [1.807, 2.05) is 0 Å². The number of nitrogens with one attached hydrogen (secondary N) is 1. The number of nitrogens with zero attached hydrogens (tertiary/aromatic N) is 1. The first kappa shape index (κ1) is 12.9. The summed E-state index contributed by atoms with van der Waals surface area (Å²) >= 11 is 9.19. The Hall–Kier alpha value is -1.59. The third-order valence-corrected chi connectivity index (χ3v) is 3.01. The van der Waals surface area contributed by atoms with E-state index >= 15 is 0 Å². The van der Waals surface area contributed by atoms with Crippen LogP contribution in [0, 0.1) is 5.41 Å². The molecule has 0 fully saturated rings. The van der Waals surface area contributed by atoms with Crippen LogP contribution in [0.3, 0.4) is 0 Å². The highest BCUT2D eigenvalue weighted by atomic mass is 79.9. The molecule has 2 rings (SSSR count). The Morgan fingerprint density at radius 1 is 1.33 bits per heavy atom. The van der Waals surface area contributed by atoms with Gasteiger partial charge < -0.3 is 10.5 Å². The Balaban J connectivity index is 2.28. The van der Waals surface area contributed by atoms with E-state index in [4.69, 9.17) is 27.5 Å². The van der Waals surface area contributed by atoms with Gasteiger partial charge in [-0.2, -0.15) is 0 Å². The number of rotatable bonds is 3. The van der Waals surface area contributed by atoms with Crippen molar-refractivity contribution in [2.45, 2.75) is 0 Å². The summed E-state index contributed by atoms with van der Waals surface area (Å²) in [4.78, 5) is 4.05. The van der Waals surface area contributed by atoms with Crippen LogP contribution in [0.4, 0.5) is 0 Å². The largest absolute Gasteiger partial charge is 0.438 e. The molecule has 0 saturated carbocycles. The second-order valence-corrected chi connectivity index (χ2v) is 4.76. The van der Waals surface area contributed by atoms with Crippen LogP contribution in [0.2, 0.25) is 5.02 Å². The van der Waals surface area contributed by atoms with Crippen molar-refractivity contribution >= 4 is 33.4 Å². The molecular weight excluding hydrogens is 318 g/mol. The lowest BCUT2D eigenvalue weighted by Crippen LogP contribution is -2.11. The van der Waals surface area contributed by atoms with Gasteiger partial charge in [0.15, 0.2) is 0 Å². The predicted molar refractivity (Wildman–Crippen MR) is 74.5 cm³/mol. The van der Waals surface area contributed by atoms with Crippen LogP contribution < -0.4 is 10.5 Å². The molecular formula is C12H9BrClN3O. The zero-order chi connectivity index (χ0) is 13.1. The van der Waals surface area contributed by atoms with Crippen LogP contribution in [0.25, 0.3) is 0 Å². The van der Waals surface area contributed by atoms with Crippen LogP contribution in [-0.4, -0.2) is 10.8 Å². The monoisotopic (exact) mass is 325 g/mol. The number of pyridine rings is 1. The molecule has 0 atom stereocenters. The van der Waals surface area contributed by atoms with E-state index in [2.05, 4.69) is 20.9 Å². The van der Waals surface area contributed by atoms with Crippen molar-refractivity contribution in [2.24, 2.45) is 5.73 Å². The van der Waals surface area contributed by atoms with Gasteiger partial charge in [0.25, 0.3) is 0 Å². The van der Waals surface area contributed by atoms with Gasteiger partial charge in [-0.15, -0.1) is 0 Å². The van der Waals surface area contributed by atoms with Crippen molar-refractivity contribution in [3.63, 3.8) is 0 Å². The summed E-state index contributed by atoms with van der Waals surface area (Å²) in [7, 11) is 0. The fourth-order valence-corrected chi connectivity index (χ4v) is 2.07. The number of amidine groups is 1. The van der Waals surface area contributed by atoms with Crippen molar-refractivity contribution in [3.8, 4) is 11.6 Å². The summed E-state index contributed by atoms with van der Waals surface area (Å²) < 4.78 is 6.31. The Morgan fingerprint density at radius 2 is 2.11 bits per heavy atom. The highest BCUT2D eigenvalue weighted by Gasteiger charge is 2.06. The maximum Gasteiger partial charge on any atom is 0.219 e. The van der Waals surface area contributed by atoms with E-state index in [0.717, 1.165) is 4.47 Å². The van der Waals surface area contributed by atoms with Crippen LogP contribution in [0.1, 0.15) is 5.56 Å². The van der Waals surface area contributed by atoms with Gasteiger partial charge in [0.05, 0.1) is 4.47 Å². The molecule has 18 heavy (non-hydrogen) atoms. The highest BCUT2D eigenvalue weighted by molar-refractivity contribution is 9.10. The number of nitrogens with two attached hydrogens (primary N) is 1. The van der Waals surface area contributed by atoms with Crippen LogP contribution in [0.5, 0.6) is 11.6 Å². The van der Waals surface area contributed by atoms with E-state index < -0.39 is 0 Å². The Labute approximate surface area is 117 Å². The molecule has 0 spiro atoms. The zero-order valence-corrected chi connectivity index (χ0v) is 11.5. The molecule has 0 aliphatic carbocycles. The summed E-state index contributed by atoms with van der Waals surface area (Å²) in [5.74, 6) is 0.927. The first-order chi connectivity index (χ1) is 8.56. The molecule has 1 aromatic carbocycles. The lowest BCUT2D eigenvalue weighted by molar-refractivity contribution is 0.460. The Kier molecular flexibility index (Phi) is 3.84. The fraction of sp³-hybridized carbons (Fsp3) is 0. The summed E-state index contributed by atoms with van der Waals surface area (Å²) in [5, 5.41) is 7.96. The van der Waals surface area contributed by atoms with E-state index in [0.29, 0.717) is 22.2 Å². The molecule has 0 aliphatic rings. The highest BCUT2D eigenvalue weighted by Crippen LogP contribution is 2.31. The van der Waals surface area contributed by atoms with Gasteiger partial charge in [-0.25, -0.2) is 4.98 Å². The molecule has 0 amide bonds. The number of benzene rings is 1. The van der Waals surface area contributed by atoms with Gasteiger partial charge in [0, 0.05) is 22.8 Å². The van der Waals surface area contributed by atoms with Crippen molar-refractivity contribution in [3.05, 3.63) is 51.6 Å². The molecule has 3 N–H and O–H groups in total. The third-order valence-electron chi connectivity index (χ3n) is 2.15. The van der Waals surface area contributed by atoms with E-state index in [1.54, 1.807) is 30.3 Å². The molecule has 4 nitrogen and oxygen atoms in total. The van der Waals surface area contributed by atoms with E-state index in [1.165, 1.54) is 6.20 Å². The topological polar surface area (TPSA) is 72.0 Å². The number of hydrogen-bond donors (Lipinski definition) is 2. The Morgan fingerprint density at radius 3 is 2.78 bits per heavy atom. The second kappa shape index (κ2) is 5.37. The average Bonchev–Trinajstić information content (AvgIpc) is 2.33. The van der Waals surface area contributed by atoms with Crippen LogP contribution in [0.15, 0.2) is 41.0 Å². The molecule has 1 heterocycles. The molecule has 0 bridgehead atoms. The second-order valence-electron chi connectivity index (χ2n) is 3.47. The standard InChI is InChI=1S/C12H9BrClN3O/c13-9-6-8(14)1-2-10(9)18-11-5-7(12(15)16)3-4-17-11/h1-6H,(H3,15,16). The van der Waals surface area contributed by atoms with E-state index in [9.17, 15) is 0 Å². The van der Waals surface area contributed by atoms with Crippen LogP contribution >= 0.6 is 27.5 Å². The zero-order valence-electron chi connectivity index (χ0n) is 9.15. The molecule has 6 heteroatoms. The maximum absolute atomic E-state index is 7.35. The fourth-order valence-electron chi connectivity index (χ4n) is 1.30. The normalized spacial score (nSPS) is 10.1. The summed E-state index contributed by atoms with van der Waals surface area (Å²) in [6.45, 7) is 0. The van der Waals surface area contributed by atoms with E-state index in [-0.39, 0.29) is 5.84 Å². The number of aromatic nitrogens is 1. The van der Waals surface area contributed by atoms with Crippen LogP contribution in [-0.2, 0) is 0 Å². The van der Waals surface area contributed by atoms with Crippen molar-refractivity contribution < 1.29 is 4.74 Å². The predicted octanol–water partition coefficient (Wildman–Crippen LogP) is 3.57. The third kappa shape index (κ3) is 3.00. The molecule has 2 aromatic rings. The molecule has 92 valence electrons. The number of ether oxygens (including phenoxy) is 1.